The van der Waals surface area contributed by atoms with Gasteiger partial charge in [0.15, 0.2) is 0 Å². The molecule has 0 N–H and O–H groups in total. The number of rotatable bonds is 6. The number of fused-ring (bicyclic) bond motifs is 6. The van der Waals surface area contributed by atoms with Gasteiger partial charge < -0.3 is 0 Å². The van der Waals surface area contributed by atoms with Crippen LogP contribution in [0.25, 0.3) is 218 Å². The molecule has 2 aliphatic carbocycles. The molecular formula is C106H68. The largest absolute Gasteiger partial charge is 0.0633 e. The predicted molar refractivity (Wildman–Crippen MR) is 455 cm³/mol. The minimum Gasteiger partial charge on any atom is -0.0610 e. The van der Waals surface area contributed by atoms with Gasteiger partial charge in [0.2, 0.25) is 0 Å². The standard InChI is InChI=1S/2C53H34/c2*1-53(2)47-29-39(31-9-11-32(12-10-31)41-23-17-37-15-13-33-5-3-7-35-19-27-45(41)51(37)49(33)35)21-25-43(47)44-26-22-40(30-48(44)53)42-24-18-38-16-14-34-6-4-8-36-20-28-46(42)52(38)50(34)36/h2*3-30H,1-2H3/i3D,4D,5D,6D,7D,8D,13D,14D,15D,16D,17D,18D,19D,20D,23D,24D,27D,28D;1D3,2D3,9D,10D,11D,12D,21D,22D,25D,26D,29D,30D. The summed E-state index contributed by atoms with van der Waals surface area (Å²) in [6.45, 7) is -3.18. The monoisotopic (exact) mass is 1370 g/mol. The first-order chi connectivity index (χ1) is 66.3. The topological polar surface area (TPSA) is 0 Å². The first-order valence-electron chi connectivity index (χ1n) is 51.7. The summed E-state index contributed by atoms with van der Waals surface area (Å²) in [5, 5.41) is 10.3. The summed E-state index contributed by atoms with van der Waals surface area (Å²) in [5.74, 6) is 0. The van der Waals surface area contributed by atoms with Crippen LogP contribution in [0.2, 0.25) is 0 Å². The molecule has 106 heavy (non-hydrogen) atoms. The molecule has 0 bridgehead atoms. The van der Waals surface area contributed by atoms with Crippen LogP contribution < -0.4 is 0 Å². The molecular weight excluding hydrogens is 1270 g/mol. The van der Waals surface area contributed by atoms with Crippen molar-refractivity contribution in [2.45, 2.75) is 38.4 Å². The molecule has 0 fully saturated rings. The molecule has 0 spiro atoms. The highest BCUT2D eigenvalue weighted by Gasteiger charge is 2.38. The zero-order valence-corrected chi connectivity index (χ0v) is 56.2. The van der Waals surface area contributed by atoms with Crippen molar-refractivity contribution in [2.75, 3.05) is 0 Å². The quantitative estimate of drug-likeness (QED) is 0.146. The van der Waals surface area contributed by atoms with E-state index in [1.165, 1.54) is 0 Å². The fourth-order valence-electron chi connectivity index (χ4n) is 17.1. The Labute approximate surface area is 662 Å². The molecule has 22 aromatic rings. The summed E-state index contributed by atoms with van der Waals surface area (Å²) >= 11 is 0. The van der Waals surface area contributed by atoms with Crippen LogP contribution in [0.3, 0.4) is 0 Å². The van der Waals surface area contributed by atoms with Gasteiger partial charge in [-0.2, -0.15) is 0 Å². The van der Waals surface area contributed by atoms with Crippen LogP contribution in [0.1, 0.15) is 96.4 Å². The van der Waals surface area contributed by atoms with Crippen LogP contribution >= 0.6 is 0 Å². The van der Waals surface area contributed by atoms with Crippen LogP contribution in [0.4, 0.5) is 0 Å². The molecule has 0 saturated heterocycles. The van der Waals surface area contributed by atoms with Crippen molar-refractivity contribution in [1.29, 1.82) is 0 Å². The molecule has 0 heteroatoms. The lowest BCUT2D eigenvalue weighted by molar-refractivity contribution is 0.660. The van der Waals surface area contributed by atoms with E-state index < -0.39 is 191 Å². The van der Waals surface area contributed by atoms with Crippen molar-refractivity contribution in [2.24, 2.45) is 0 Å². The average molecular weight is 1380 g/mol. The van der Waals surface area contributed by atoms with Crippen LogP contribution in [0, 0.1) is 0 Å². The smallest absolute Gasteiger partial charge is 0.0610 e. The molecule has 0 saturated carbocycles. The summed E-state index contributed by atoms with van der Waals surface area (Å²) in [6, 6.07) is 38.2. The summed E-state index contributed by atoms with van der Waals surface area (Å²) in [4.78, 5) is 0. The molecule has 0 unspecified atom stereocenters. The van der Waals surface area contributed by atoms with Gasteiger partial charge in [0.05, 0.1) is 38.4 Å². The number of hydrogen-bond acceptors (Lipinski definition) is 0. The molecule has 0 atom stereocenters. The fourth-order valence-corrected chi connectivity index (χ4v) is 17.1. The number of benzene rings is 22. The van der Waals surface area contributed by atoms with Gasteiger partial charge in [0.1, 0.15) is 0 Å². The van der Waals surface area contributed by atoms with E-state index in [-0.39, 0.29) is 129 Å². The zero-order valence-electron chi connectivity index (χ0n) is 90.2. The molecule has 0 heterocycles. The molecule has 0 aliphatic heterocycles. The first kappa shape index (κ1) is 35.5. The SMILES string of the molecule is [2H]c1c([2H])c(-c2ccc3ccc4cccc5ccc2c3c45)c([2H])c([2H])c1-c1c([2H])c([2H])c2c(c1[2H])C(C([2H])([2H])[2H])(C([2H])([2H])[2H])c1c([2H])c(-c3ccc4ccc5cccc6ccc3c4c56)c([2H])c([2H])c1-2.[2H]c1c([2H])c2c([2H])c([2H])c3c([2H])c([2H])c(-c4ccc(-c5ccc6c(c5)C(C)(C)c5cc(-c7c([2H])c([2H])c8c([2H])c([2H])c9c([2H])c([2H])c([2H])c%10c([2H])c([2H])c7c8c9%10)ccc5-6)cc4)c4c([2H])c([2H])c(c1[2H])c2c34. The Kier molecular flexibility index (Phi) is 7.29. The van der Waals surface area contributed by atoms with Crippen LogP contribution in [-0.2, 0) is 10.8 Å². The van der Waals surface area contributed by atoms with Crippen LogP contribution in [-0.4, -0.2) is 0 Å². The van der Waals surface area contributed by atoms with E-state index in [0.717, 1.165) is 87.2 Å². The average Bonchev–Trinajstić information content (AvgIpc) is 1.49. The van der Waals surface area contributed by atoms with Crippen LogP contribution in [0.15, 0.2) is 339 Å². The summed E-state index contributed by atoms with van der Waals surface area (Å²) in [5.41, 5.74) is -1.05. The van der Waals surface area contributed by atoms with E-state index in [1.807, 2.05) is 121 Å². The van der Waals surface area contributed by atoms with Gasteiger partial charge in [-0.05, 0) is 265 Å². The summed E-state index contributed by atoms with van der Waals surface area (Å²) in [6.07, 6.45) is 0. The van der Waals surface area contributed by atoms with E-state index in [1.54, 1.807) is 42.5 Å². The first-order valence-corrected chi connectivity index (χ1v) is 34.7. The minimum absolute atomic E-state index is 0.0799. The molecule has 0 aromatic heterocycles. The van der Waals surface area contributed by atoms with E-state index >= 15 is 0 Å². The Morgan fingerprint density at radius 3 is 1.08 bits per heavy atom. The molecule has 24 rings (SSSR count). The third-order valence-electron chi connectivity index (χ3n) is 22.2. The second-order valence-corrected chi connectivity index (χ2v) is 28.2. The van der Waals surface area contributed by atoms with Gasteiger partial charge in [0, 0.05) is 19.1 Å². The lowest BCUT2D eigenvalue weighted by Crippen LogP contribution is -2.15. The Hall–Kier alpha value is -13.0. The van der Waals surface area contributed by atoms with Gasteiger partial charge in [0.25, 0.3) is 0 Å². The fraction of sp³-hybridized carbons (Fsp3) is 0.0566. The Bertz CT molecular complexity index is 9400. The van der Waals surface area contributed by atoms with Gasteiger partial charge in [-0.25, -0.2) is 0 Å². The minimum atomic E-state index is -3.65. The third kappa shape index (κ3) is 8.47. The van der Waals surface area contributed by atoms with Gasteiger partial charge in [-0.15, -0.1) is 0 Å². The van der Waals surface area contributed by atoms with Crippen molar-refractivity contribution in [1.82, 2.24) is 0 Å². The highest BCUT2D eigenvalue weighted by Crippen LogP contribution is 2.55. The Balaban J connectivity index is 0.000000156. The van der Waals surface area contributed by atoms with Crippen molar-refractivity contribution < 1.29 is 46.6 Å². The maximum absolute atomic E-state index is 9.91. The second-order valence-electron chi connectivity index (χ2n) is 28.2. The third-order valence-corrected chi connectivity index (χ3v) is 22.2. The zero-order chi connectivity index (χ0) is 99.4. The maximum Gasteiger partial charge on any atom is 0.0633 e. The van der Waals surface area contributed by atoms with E-state index in [4.69, 9.17) is 26.0 Å². The van der Waals surface area contributed by atoms with Crippen molar-refractivity contribution >= 4 is 129 Å². The number of hydrogen-bond donors (Lipinski definition) is 0. The van der Waals surface area contributed by atoms with Crippen molar-refractivity contribution in [3.63, 3.8) is 0 Å². The molecule has 2 aliphatic rings. The van der Waals surface area contributed by atoms with E-state index in [9.17, 15) is 20.6 Å². The molecule has 0 nitrogen and oxygen atoms in total. The van der Waals surface area contributed by atoms with Crippen LogP contribution in [0.5, 0.6) is 0 Å². The highest BCUT2D eigenvalue weighted by molar-refractivity contribution is 6.29. The lowest BCUT2D eigenvalue weighted by Gasteiger charge is -2.23. The van der Waals surface area contributed by atoms with E-state index in [0.29, 0.717) is 27.5 Å². The predicted octanol–water partition coefficient (Wildman–Crippen LogP) is 29.6. The second kappa shape index (κ2) is 21.8. The van der Waals surface area contributed by atoms with E-state index in [2.05, 4.69) is 19.9 Å². The van der Waals surface area contributed by atoms with Gasteiger partial charge in [-0.1, -0.05) is 342 Å². The Morgan fingerprint density at radius 2 is 0.557 bits per heavy atom. The van der Waals surface area contributed by atoms with Crippen molar-refractivity contribution in [3.05, 3.63) is 361 Å². The lowest BCUT2D eigenvalue weighted by atomic mass is 9.80. The Morgan fingerprint density at radius 1 is 0.208 bits per heavy atom. The molecule has 0 radical (unpaired) electrons. The van der Waals surface area contributed by atoms with Crippen molar-refractivity contribution in [3.8, 4) is 89.0 Å². The molecule has 492 valence electrons. The maximum atomic E-state index is 9.91. The summed E-state index contributed by atoms with van der Waals surface area (Å²) < 4.78 is 311. The summed E-state index contributed by atoms with van der Waals surface area (Å²) in [7, 11) is 0. The normalized spacial score (nSPS) is 18.4. The van der Waals surface area contributed by atoms with Gasteiger partial charge >= 0.3 is 0 Å². The molecule has 22 aromatic carbocycles. The van der Waals surface area contributed by atoms with Gasteiger partial charge in [-0.3, -0.25) is 0 Å². The molecule has 0 amide bonds. The highest BCUT2D eigenvalue weighted by atomic mass is 14.4.